The van der Waals surface area contributed by atoms with Crippen molar-refractivity contribution >= 4 is 11.7 Å². The number of carbonyl (C=O) groups is 1. The zero-order chi connectivity index (χ0) is 19.2. The number of quaternary nitrogens is 1. The summed E-state index contributed by atoms with van der Waals surface area (Å²) in [4.78, 5) is 11.8. The van der Waals surface area contributed by atoms with Crippen LogP contribution in [-0.2, 0) is 5.41 Å². The number of hydrogen-bond donors (Lipinski definition) is 2. The van der Waals surface area contributed by atoms with Crippen molar-refractivity contribution in [2.75, 3.05) is 25.5 Å². The number of benzene rings is 1. The molecule has 0 saturated carbocycles. The second-order valence-corrected chi connectivity index (χ2v) is 7.60. The van der Waals surface area contributed by atoms with Gasteiger partial charge in [-0.15, -0.1) is 0 Å². The Morgan fingerprint density at radius 3 is 2.42 bits per heavy atom. The highest BCUT2D eigenvalue weighted by atomic mass is 16.4. The molecule has 0 aromatic heterocycles. The average Bonchev–Trinajstić information content (AvgIpc) is 2.64. The van der Waals surface area contributed by atoms with E-state index in [4.69, 9.17) is 0 Å². The molecule has 1 aliphatic rings. The SMILES string of the molecule is CCCCCCNc1c(C(=O)O)cccc1C1(C)C=C[N+](C)(CC)C=C1. The quantitative estimate of drug-likeness (QED) is 0.475. The van der Waals surface area contributed by atoms with E-state index in [1.165, 1.54) is 12.8 Å². The lowest BCUT2D eigenvalue weighted by atomic mass is 9.79. The minimum absolute atomic E-state index is 0.315. The van der Waals surface area contributed by atoms with Crippen LogP contribution in [0.5, 0.6) is 0 Å². The molecule has 2 rings (SSSR count). The molecule has 0 aliphatic carbocycles. The number of anilines is 1. The molecular weight excluding hydrogens is 324 g/mol. The van der Waals surface area contributed by atoms with Crippen LogP contribution in [0.15, 0.2) is 42.8 Å². The monoisotopic (exact) mass is 357 g/mol. The van der Waals surface area contributed by atoms with Gasteiger partial charge < -0.3 is 10.4 Å². The molecule has 1 heterocycles. The Hall–Kier alpha value is -2.07. The lowest BCUT2D eigenvalue weighted by molar-refractivity contribution is -0.805. The van der Waals surface area contributed by atoms with Gasteiger partial charge in [-0.2, -0.15) is 0 Å². The number of unbranched alkanes of at least 4 members (excludes halogenated alkanes) is 3. The van der Waals surface area contributed by atoms with Crippen LogP contribution in [0, 0.1) is 0 Å². The zero-order valence-corrected chi connectivity index (χ0v) is 16.6. The van der Waals surface area contributed by atoms with Crippen LogP contribution in [0.3, 0.4) is 0 Å². The summed E-state index contributed by atoms with van der Waals surface area (Å²) in [5, 5.41) is 13.1. The van der Waals surface area contributed by atoms with Crippen molar-refractivity contribution in [1.29, 1.82) is 0 Å². The fourth-order valence-electron chi connectivity index (χ4n) is 3.28. The number of hydrogen-bond acceptors (Lipinski definition) is 2. The van der Waals surface area contributed by atoms with Gasteiger partial charge in [-0.05, 0) is 44.1 Å². The van der Waals surface area contributed by atoms with Crippen LogP contribution in [0.4, 0.5) is 5.69 Å². The number of para-hydroxylation sites is 1. The maximum Gasteiger partial charge on any atom is 0.337 e. The normalized spacial score (nSPS) is 24.6. The van der Waals surface area contributed by atoms with Crippen LogP contribution in [0.2, 0.25) is 0 Å². The molecule has 142 valence electrons. The molecular formula is C22H33N2O2+. The minimum atomic E-state index is -0.885. The Balaban J connectivity index is 2.33. The fourth-order valence-corrected chi connectivity index (χ4v) is 3.28. The largest absolute Gasteiger partial charge is 0.478 e. The Kier molecular flexibility index (Phi) is 6.65. The molecule has 1 aromatic rings. The second kappa shape index (κ2) is 8.54. The van der Waals surface area contributed by atoms with Crippen molar-refractivity contribution in [3.63, 3.8) is 0 Å². The third-order valence-electron chi connectivity index (χ3n) is 5.41. The van der Waals surface area contributed by atoms with E-state index in [1.54, 1.807) is 6.07 Å². The maximum absolute atomic E-state index is 11.8. The van der Waals surface area contributed by atoms with Gasteiger partial charge in [-0.3, -0.25) is 4.48 Å². The first-order valence-corrected chi connectivity index (χ1v) is 9.71. The molecule has 4 nitrogen and oxygen atoms in total. The first kappa shape index (κ1) is 20.2. The summed E-state index contributed by atoms with van der Waals surface area (Å²) in [5.41, 5.74) is 1.80. The highest BCUT2D eigenvalue weighted by Gasteiger charge is 2.32. The Labute approximate surface area is 157 Å². The van der Waals surface area contributed by atoms with E-state index in [0.717, 1.165) is 41.7 Å². The number of allylic oxidation sites excluding steroid dienone is 2. The van der Waals surface area contributed by atoms with Crippen LogP contribution in [-0.4, -0.2) is 35.7 Å². The first-order valence-electron chi connectivity index (χ1n) is 9.71. The average molecular weight is 358 g/mol. The Morgan fingerprint density at radius 1 is 1.15 bits per heavy atom. The molecule has 0 unspecified atom stereocenters. The Morgan fingerprint density at radius 2 is 1.85 bits per heavy atom. The van der Waals surface area contributed by atoms with Crippen LogP contribution >= 0.6 is 0 Å². The van der Waals surface area contributed by atoms with Crippen molar-refractivity contribution in [2.45, 2.75) is 51.9 Å². The van der Waals surface area contributed by atoms with Crippen LogP contribution in [0.1, 0.15) is 62.4 Å². The number of carboxylic acid groups (broad SMARTS) is 1. The van der Waals surface area contributed by atoms with E-state index < -0.39 is 5.97 Å². The highest BCUT2D eigenvalue weighted by molar-refractivity contribution is 5.95. The summed E-state index contributed by atoms with van der Waals surface area (Å²) in [6.07, 6.45) is 13.4. The predicted octanol–water partition coefficient (Wildman–Crippen LogP) is 5.14. The number of aromatic carboxylic acids is 1. The summed E-state index contributed by atoms with van der Waals surface area (Å²) in [6.45, 7) is 8.27. The van der Waals surface area contributed by atoms with Crippen molar-refractivity contribution < 1.29 is 14.4 Å². The summed E-state index contributed by atoms with van der Waals surface area (Å²) in [5.74, 6) is -0.885. The van der Waals surface area contributed by atoms with Crippen molar-refractivity contribution in [3.8, 4) is 0 Å². The van der Waals surface area contributed by atoms with E-state index in [1.807, 2.05) is 12.1 Å². The lowest BCUT2D eigenvalue weighted by Gasteiger charge is -2.34. The molecule has 0 atom stereocenters. The van der Waals surface area contributed by atoms with Crippen LogP contribution in [0.25, 0.3) is 0 Å². The van der Waals surface area contributed by atoms with E-state index in [0.29, 0.717) is 5.56 Å². The van der Waals surface area contributed by atoms with Gasteiger partial charge in [0, 0.05) is 12.0 Å². The fraction of sp³-hybridized carbons (Fsp3) is 0.500. The van der Waals surface area contributed by atoms with Gasteiger partial charge in [0.15, 0.2) is 0 Å². The smallest absolute Gasteiger partial charge is 0.337 e. The molecule has 4 heteroatoms. The standard InChI is InChI=1S/C22H32N2O2/c1-5-7-8-9-15-23-20-18(21(25)26)11-10-12-19(20)22(3)13-16-24(4,6-2)17-14-22/h10-14,16-17,23H,5-9,15H2,1-4H3/p+1. The maximum atomic E-state index is 11.8. The van der Waals surface area contributed by atoms with E-state index in [2.05, 4.69) is 57.7 Å². The molecule has 0 amide bonds. The third-order valence-corrected chi connectivity index (χ3v) is 5.41. The number of nitrogens with one attached hydrogen (secondary N) is 1. The van der Waals surface area contributed by atoms with E-state index >= 15 is 0 Å². The van der Waals surface area contributed by atoms with Gasteiger partial charge in [0.1, 0.15) is 0 Å². The first-order chi connectivity index (χ1) is 12.4. The third kappa shape index (κ3) is 4.55. The molecule has 0 radical (unpaired) electrons. The van der Waals surface area contributed by atoms with Gasteiger partial charge in [0.05, 0.1) is 37.2 Å². The molecule has 0 saturated heterocycles. The van der Waals surface area contributed by atoms with Crippen LogP contribution < -0.4 is 5.32 Å². The second-order valence-electron chi connectivity index (χ2n) is 7.60. The number of rotatable bonds is 9. The zero-order valence-electron chi connectivity index (χ0n) is 16.6. The topological polar surface area (TPSA) is 49.3 Å². The molecule has 2 N–H and O–H groups in total. The Bertz CT molecular complexity index is 677. The van der Waals surface area contributed by atoms with Gasteiger partial charge >= 0.3 is 5.97 Å². The van der Waals surface area contributed by atoms with E-state index in [9.17, 15) is 9.90 Å². The molecule has 1 aromatic carbocycles. The molecule has 0 spiro atoms. The number of nitrogens with zero attached hydrogens (tertiary/aromatic N) is 1. The lowest BCUT2D eigenvalue weighted by Crippen LogP contribution is -2.36. The summed E-state index contributed by atoms with van der Waals surface area (Å²) < 4.78 is 0.758. The number of carboxylic acids is 1. The molecule has 1 aliphatic heterocycles. The van der Waals surface area contributed by atoms with Gasteiger partial charge in [0.2, 0.25) is 0 Å². The molecule has 0 fully saturated rings. The van der Waals surface area contributed by atoms with E-state index in [-0.39, 0.29) is 5.41 Å². The summed E-state index contributed by atoms with van der Waals surface area (Å²) in [6, 6.07) is 5.57. The van der Waals surface area contributed by atoms with Crippen molar-refractivity contribution in [2.24, 2.45) is 0 Å². The predicted molar refractivity (Wildman–Crippen MR) is 108 cm³/mol. The van der Waals surface area contributed by atoms with Gasteiger partial charge in [-0.25, -0.2) is 4.79 Å². The van der Waals surface area contributed by atoms with Crippen molar-refractivity contribution in [3.05, 3.63) is 53.9 Å². The highest BCUT2D eigenvalue weighted by Crippen LogP contribution is 2.38. The van der Waals surface area contributed by atoms with Gasteiger partial charge in [-0.1, -0.05) is 38.3 Å². The minimum Gasteiger partial charge on any atom is -0.478 e. The van der Waals surface area contributed by atoms with Crippen molar-refractivity contribution in [1.82, 2.24) is 0 Å². The summed E-state index contributed by atoms with van der Waals surface area (Å²) >= 11 is 0. The molecule has 26 heavy (non-hydrogen) atoms. The molecule has 0 bridgehead atoms. The summed E-state index contributed by atoms with van der Waals surface area (Å²) in [7, 11) is 2.16. The van der Waals surface area contributed by atoms with Gasteiger partial charge in [0.25, 0.3) is 0 Å².